The van der Waals surface area contributed by atoms with E-state index >= 15 is 0 Å². The maximum Gasteiger partial charge on any atom is 0.140 e. The number of benzene rings is 2. The summed E-state index contributed by atoms with van der Waals surface area (Å²) < 4.78 is 0. The highest BCUT2D eigenvalue weighted by Crippen LogP contribution is 2.48. The molecule has 0 saturated heterocycles. The summed E-state index contributed by atoms with van der Waals surface area (Å²) in [7, 11) is 0. The number of hydrogen-bond donors (Lipinski definition) is 1. The molecule has 1 aliphatic rings. The Hall–Kier alpha value is -2.09. The van der Waals surface area contributed by atoms with Gasteiger partial charge < -0.3 is 5.73 Å². The maximum atomic E-state index is 12.2. The molecule has 0 amide bonds. The Kier molecular flexibility index (Phi) is 3.08. The van der Waals surface area contributed by atoms with Crippen molar-refractivity contribution in [1.29, 1.82) is 0 Å². The van der Waals surface area contributed by atoms with Crippen LogP contribution >= 0.6 is 0 Å². The van der Waals surface area contributed by atoms with E-state index in [-0.39, 0.29) is 5.92 Å². The van der Waals surface area contributed by atoms with Gasteiger partial charge in [0.05, 0.1) is 0 Å². The molecule has 96 valence electrons. The first kappa shape index (κ1) is 12.0. The zero-order chi connectivity index (χ0) is 13.2. The topological polar surface area (TPSA) is 43.1 Å². The fraction of sp³-hybridized carbons (Fsp3) is 0.235. The normalized spacial score (nSPS) is 21.1. The quantitative estimate of drug-likeness (QED) is 0.848. The van der Waals surface area contributed by atoms with Gasteiger partial charge in [0.2, 0.25) is 0 Å². The first-order valence-electron chi connectivity index (χ1n) is 6.66. The van der Waals surface area contributed by atoms with Crippen LogP contribution in [-0.2, 0) is 11.2 Å². The molecule has 1 saturated carbocycles. The van der Waals surface area contributed by atoms with Gasteiger partial charge in [0.25, 0.3) is 0 Å². The van der Waals surface area contributed by atoms with Crippen LogP contribution in [0.5, 0.6) is 0 Å². The number of anilines is 1. The second-order valence-corrected chi connectivity index (χ2v) is 5.24. The van der Waals surface area contributed by atoms with Gasteiger partial charge in [0.15, 0.2) is 0 Å². The number of nitrogen functional groups attached to an aromatic ring is 1. The highest BCUT2D eigenvalue weighted by atomic mass is 16.1. The molecular weight excluding hydrogens is 234 g/mol. The van der Waals surface area contributed by atoms with Crippen LogP contribution in [-0.4, -0.2) is 5.78 Å². The molecule has 2 aromatic carbocycles. The Bertz CT molecular complexity index is 574. The van der Waals surface area contributed by atoms with Crippen LogP contribution in [0.4, 0.5) is 5.69 Å². The third kappa shape index (κ3) is 2.68. The van der Waals surface area contributed by atoms with Gasteiger partial charge in [-0.2, -0.15) is 0 Å². The van der Waals surface area contributed by atoms with Crippen LogP contribution in [0.2, 0.25) is 0 Å². The van der Waals surface area contributed by atoms with Crippen molar-refractivity contribution in [2.45, 2.75) is 18.8 Å². The van der Waals surface area contributed by atoms with Crippen LogP contribution in [0.3, 0.4) is 0 Å². The van der Waals surface area contributed by atoms with Crippen molar-refractivity contribution in [3.8, 4) is 0 Å². The molecule has 1 fully saturated rings. The SMILES string of the molecule is Nc1ccc(CC(=O)C2CC2c2ccccc2)cc1. The van der Waals surface area contributed by atoms with E-state index in [1.807, 2.05) is 42.5 Å². The first-order chi connectivity index (χ1) is 9.24. The lowest BCUT2D eigenvalue weighted by Gasteiger charge is -2.02. The second kappa shape index (κ2) is 4.88. The lowest BCUT2D eigenvalue weighted by molar-refractivity contribution is -0.119. The molecule has 1 aliphatic carbocycles. The summed E-state index contributed by atoms with van der Waals surface area (Å²) in [6.07, 6.45) is 1.52. The van der Waals surface area contributed by atoms with E-state index in [2.05, 4.69) is 12.1 Å². The third-order valence-corrected chi connectivity index (χ3v) is 3.79. The lowest BCUT2D eigenvalue weighted by Crippen LogP contribution is -2.06. The van der Waals surface area contributed by atoms with Crippen molar-refractivity contribution in [3.63, 3.8) is 0 Å². The standard InChI is InChI=1S/C17H17NO/c18-14-8-6-12(7-9-14)10-17(19)16-11-15(16)13-4-2-1-3-5-13/h1-9,15-16H,10-11,18H2. The average molecular weight is 251 g/mol. The summed E-state index contributed by atoms with van der Waals surface area (Å²) in [6.45, 7) is 0. The van der Waals surface area contributed by atoms with Crippen LogP contribution in [0.25, 0.3) is 0 Å². The van der Waals surface area contributed by atoms with E-state index in [1.54, 1.807) is 0 Å². The van der Waals surface area contributed by atoms with E-state index in [1.165, 1.54) is 5.56 Å². The smallest absolute Gasteiger partial charge is 0.140 e. The molecule has 0 aliphatic heterocycles. The van der Waals surface area contributed by atoms with Gasteiger partial charge in [0.1, 0.15) is 5.78 Å². The summed E-state index contributed by atoms with van der Waals surface area (Å²) in [5.74, 6) is 0.987. The number of nitrogens with two attached hydrogens (primary N) is 1. The molecule has 0 aromatic heterocycles. The Balaban J connectivity index is 1.63. The fourth-order valence-electron chi connectivity index (χ4n) is 2.59. The number of carbonyl (C=O) groups is 1. The van der Waals surface area contributed by atoms with Crippen molar-refractivity contribution >= 4 is 11.5 Å². The number of Topliss-reactive ketones (excluding diaryl/α,β-unsaturated/α-hetero) is 1. The zero-order valence-corrected chi connectivity index (χ0v) is 10.8. The van der Waals surface area contributed by atoms with Crippen molar-refractivity contribution in [1.82, 2.24) is 0 Å². The molecule has 0 bridgehead atoms. The van der Waals surface area contributed by atoms with Gasteiger partial charge >= 0.3 is 0 Å². The van der Waals surface area contributed by atoms with Crippen molar-refractivity contribution in [2.75, 3.05) is 5.73 Å². The molecular formula is C17H17NO. The Morgan fingerprint density at radius 2 is 1.74 bits per heavy atom. The van der Waals surface area contributed by atoms with E-state index in [9.17, 15) is 4.79 Å². The molecule has 0 radical (unpaired) electrons. The molecule has 19 heavy (non-hydrogen) atoms. The van der Waals surface area contributed by atoms with Gasteiger partial charge in [-0.15, -0.1) is 0 Å². The largest absolute Gasteiger partial charge is 0.399 e. The number of ketones is 1. The van der Waals surface area contributed by atoms with E-state index in [0.717, 1.165) is 17.7 Å². The molecule has 3 rings (SSSR count). The summed E-state index contributed by atoms with van der Waals surface area (Å²) >= 11 is 0. The number of hydrogen-bond acceptors (Lipinski definition) is 2. The minimum atomic E-state index is 0.208. The van der Waals surface area contributed by atoms with Crippen molar-refractivity contribution in [2.24, 2.45) is 5.92 Å². The highest BCUT2D eigenvalue weighted by Gasteiger charge is 2.43. The second-order valence-electron chi connectivity index (χ2n) is 5.24. The molecule has 2 nitrogen and oxygen atoms in total. The summed E-state index contributed by atoms with van der Waals surface area (Å²) in [6, 6.07) is 17.9. The van der Waals surface area contributed by atoms with Gasteiger partial charge in [-0.3, -0.25) is 4.79 Å². The third-order valence-electron chi connectivity index (χ3n) is 3.79. The Morgan fingerprint density at radius 3 is 2.42 bits per heavy atom. The van der Waals surface area contributed by atoms with Crippen LogP contribution in [0.15, 0.2) is 54.6 Å². The monoisotopic (exact) mass is 251 g/mol. The predicted octanol–water partition coefficient (Wildman–Crippen LogP) is 3.18. The molecule has 2 unspecified atom stereocenters. The van der Waals surface area contributed by atoms with Gasteiger partial charge in [-0.1, -0.05) is 42.5 Å². The average Bonchev–Trinajstić information content (AvgIpc) is 3.23. The van der Waals surface area contributed by atoms with Gasteiger partial charge in [0, 0.05) is 18.0 Å². The van der Waals surface area contributed by atoms with E-state index in [4.69, 9.17) is 5.73 Å². The molecule has 0 spiro atoms. The first-order valence-corrected chi connectivity index (χ1v) is 6.66. The lowest BCUT2D eigenvalue weighted by atomic mass is 10.0. The minimum Gasteiger partial charge on any atom is -0.399 e. The van der Waals surface area contributed by atoms with Crippen molar-refractivity contribution < 1.29 is 4.79 Å². The van der Waals surface area contributed by atoms with Crippen molar-refractivity contribution in [3.05, 3.63) is 65.7 Å². The van der Waals surface area contributed by atoms with E-state index in [0.29, 0.717) is 18.1 Å². The minimum absolute atomic E-state index is 0.208. The van der Waals surface area contributed by atoms with Crippen LogP contribution in [0.1, 0.15) is 23.5 Å². The molecule has 0 heterocycles. The maximum absolute atomic E-state index is 12.2. The molecule has 2 aromatic rings. The number of rotatable bonds is 4. The zero-order valence-electron chi connectivity index (χ0n) is 10.8. The van der Waals surface area contributed by atoms with Crippen LogP contribution in [0, 0.1) is 5.92 Å². The summed E-state index contributed by atoms with van der Waals surface area (Å²) in [5, 5.41) is 0. The fourth-order valence-corrected chi connectivity index (χ4v) is 2.59. The Morgan fingerprint density at radius 1 is 1.05 bits per heavy atom. The van der Waals surface area contributed by atoms with Gasteiger partial charge in [-0.25, -0.2) is 0 Å². The van der Waals surface area contributed by atoms with Crippen LogP contribution < -0.4 is 5.73 Å². The highest BCUT2D eigenvalue weighted by molar-refractivity contribution is 5.87. The van der Waals surface area contributed by atoms with E-state index < -0.39 is 0 Å². The Labute approximate surface area is 113 Å². The molecule has 2 N–H and O–H groups in total. The summed E-state index contributed by atoms with van der Waals surface area (Å²) in [4.78, 5) is 12.2. The molecule has 2 atom stereocenters. The molecule has 2 heteroatoms. The predicted molar refractivity (Wildman–Crippen MR) is 76.9 cm³/mol. The number of carbonyl (C=O) groups excluding carboxylic acids is 1. The summed E-state index contributed by atoms with van der Waals surface area (Å²) in [5.41, 5.74) is 8.73. The van der Waals surface area contributed by atoms with Gasteiger partial charge in [-0.05, 0) is 35.6 Å².